The Balaban J connectivity index is 1.27. The molecule has 1 aliphatic carbocycles. The van der Waals surface area contributed by atoms with Gasteiger partial charge in [0.05, 0.1) is 17.9 Å². The van der Waals surface area contributed by atoms with Crippen molar-refractivity contribution in [2.45, 2.75) is 63.4 Å². The van der Waals surface area contributed by atoms with E-state index < -0.39 is 29.6 Å². The number of hydrogen-bond donors (Lipinski definition) is 2. The van der Waals surface area contributed by atoms with Crippen molar-refractivity contribution in [3.8, 4) is 0 Å². The maximum absolute atomic E-state index is 14.3. The van der Waals surface area contributed by atoms with Gasteiger partial charge >= 0.3 is 0 Å². The number of likely N-dealkylation sites (tertiary alicyclic amines) is 1. The molecular formula is C34H40Cl2N4O4. The number of anilines is 1. The second kappa shape index (κ2) is 12.5. The maximum atomic E-state index is 14.3. The van der Waals surface area contributed by atoms with Crippen molar-refractivity contribution in [3.05, 3.63) is 76.3 Å². The first kappa shape index (κ1) is 31.1. The number of ether oxygens (including phenoxy) is 1. The van der Waals surface area contributed by atoms with Gasteiger partial charge in [0, 0.05) is 41.4 Å². The van der Waals surface area contributed by atoms with Crippen molar-refractivity contribution in [2.75, 3.05) is 25.5 Å². The molecule has 10 heteroatoms. The Bertz CT molecular complexity index is 1430. The first-order chi connectivity index (χ1) is 21.1. The lowest BCUT2D eigenvalue weighted by Crippen LogP contribution is -2.58. The van der Waals surface area contributed by atoms with E-state index in [2.05, 4.69) is 41.5 Å². The van der Waals surface area contributed by atoms with Crippen LogP contribution in [0, 0.1) is 23.7 Å². The topological polar surface area (TPSA) is 91.0 Å². The van der Waals surface area contributed by atoms with Crippen LogP contribution < -0.4 is 10.6 Å². The summed E-state index contributed by atoms with van der Waals surface area (Å²) in [4.78, 5) is 46.2. The van der Waals surface area contributed by atoms with Crippen LogP contribution in [-0.2, 0) is 25.7 Å². The summed E-state index contributed by atoms with van der Waals surface area (Å²) in [6.07, 6.45) is 6.16. The summed E-state index contributed by atoms with van der Waals surface area (Å²) < 4.78 is 6.52. The molecule has 44 heavy (non-hydrogen) atoms. The summed E-state index contributed by atoms with van der Waals surface area (Å²) in [5.41, 5.74) is 0.380. The number of carbonyl (C=O) groups is 3. The highest BCUT2D eigenvalue weighted by Gasteiger charge is 2.72. The van der Waals surface area contributed by atoms with Gasteiger partial charge in [-0.1, -0.05) is 92.4 Å². The number of fused-ring (bicyclic) bond motifs is 1. The van der Waals surface area contributed by atoms with Gasteiger partial charge in [0.1, 0.15) is 11.6 Å². The van der Waals surface area contributed by atoms with E-state index in [0.717, 1.165) is 24.8 Å². The normalized spacial score (nSPS) is 32.3. The van der Waals surface area contributed by atoms with E-state index in [-0.39, 0.29) is 23.8 Å². The SMILES string of the molecule is C[C@@H]1[C@H](C)CCC[C@@H]1NC(=O)[C@@H]1N(CCN(C)Cc2ccccc2)C(=O)[C@@H]2[C@@H](C(=O)Nc3cc(Cl)cc(Cl)c3)[C@@H]3C=C[C@]21O3. The van der Waals surface area contributed by atoms with Gasteiger partial charge in [0.25, 0.3) is 0 Å². The van der Waals surface area contributed by atoms with Crippen LogP contribution in [0.1, 0.15) is 38.7 Å². The Morgan fingerprint density at radius 3 is 2.52 bits per heavy atom. The van der Waals surface area contributed by atoms with Gasteiger partial charge in [-0.3, -0.25) is 14.4 Å². The van der Waals surface area contributed by atoms with Gasteiger partial charge in [-0.05, 0) is 49.1 Å². The molecule has 4 aliphatic rings. The largest absolute Gasteiger partial charge is 0.359 e. The van der Waals surface area contributed by atoms with E-state index in [1.807, 2.05) is 37.4 Å². The fourth-order valence-corrected chi connectivity index (χ4v) is 8.19. The highest BCUT2D eigenvalue weighted by Crippen LogP contribution is 2.55. The van der Waals surface area contributed by atoms with E-state index in [1.54, 1.807) is 23.1 Å². The monoisotopic (exact) mass is 638 g/mol. The minimum atomic E-state index is -1.22. The lowest BCUT2D eigenvalue weighted by atomic mass is 9.73. The fourth-order valence-electron chi connectivity index (χ4n) is 7.66. The third-order valence-electron chi connectivity index (χ3n) is 10.1. The van der Waals surface area contributed by atoms with Crippen molar-refractivity contribution in [2.24, 2.45) is 23.7 Å². The van der Waals surface area contributed by atoms with Crippen LogP contribution in [0.3, 0.4) is 0 Å². The standard InChI is InChI=1S/C34H40Cl2N4O4/c1-20-8-7-11-26(21(20)2)38-32(42)30-34-13-12-27(44-34)28(31(41)37-25-17-23(35)16-24(36)18-25)29(34)33(43)40(30)15-14-39(3)19-22-9-5-4-6-10-22/h4-6,9-10,12-13,16-18,20-21,26-30H,7-8,11,14-15,19H2,1-3H3,(H,37,41)(H,38,42)/t20-,21-,26+,27+,28+,29+,30+,34+/m1/s1. The molecular weight excluding hydrogens is 599 g/mol. The van der Waals surface area contributed by atoms with Crippen LogP contribution in [0.4, 0.5) is 5.69 Å². The lowest BCUT2D eigenvalue weighted by molar-refractivity contribution is -0.141. The third kappa shape index (κ3) is 5.78. The molecule has 3 fully saturated rings. The Morgan fingerprint density at radius 1 is 1.07 bits per heavy atom. The summed E-state index contributed by atoms with van der Waals surface area (Å²) in [7, 11) is 2.00. The van der Waals surface area contributed by atoms with Gasteiger partial charge in [-0.25, -0.2) is 0 Å². The number of nitrogens with zero attached hydrogens (tertiary/aromatic N) is 2. The fraction of sp³-hybridized carbons (Fsp3) is 0.500. The van der Waals surface area contributed by atoms with E-state index in [9.17, 15) is 14.4 Å². The molecule has 2 saturated heterocycles. The van der Waals surface area contributed by atoms with Crippen LogP contribution in [0.5, 0.6) is 0 Å². The second-order valence-electron chi connectivity index (χ2n) is 13.0. The molecule has 3 heterocycles. The van der Waals surface area contributed by atoms with Crippen LogP contribution in [0.2, 0.25) is 10.0 Å². The minimum Gasteiger partial charge on any atom is -0.359 e. The number of carbonyl (C=O) groups excluding carboxylic acids is 3. The van der Waals surface area contributed by atoms with Gasteiger partial charge in [0.2, 0.25) is 17.7 Å². The zero-order valence-corrected chi connectivity index (χ0v) is 26.9. The first-order valence-corrected chi connectivity index (χ1v) is 16.3. The van der Waals surface area contributed by atoms with E-state index >= 15 is 0 Å². The summed E-state index contributed by atoms with van der Waals surface area (Å²) in [5.74, 6) is -1.63. The zero-order valence-electron chi connectivity index (χ0n) is 25.3. The Morgan fingerprint density at radius 2 is 1.80 bits per heavy atom. The van der Waals surface area contributed by atoms with Crippen LogP contribution in [-0.4, -0.2) is 71.4 Å². The second-order valence-corrected chi connectivity index (χ2v) is 13.9. The molecule has 0 aromatic heterocycles. The van der Waals surface area contributed by atoms with Crippen molar-refractivity contribution in [3.63, 3.8) is 0 Å². The highest BCUT2D eigenvalue weighted by atomic mass is 35.5. The van der Waals surface area contributed by atoms with Crippen molar-refractivity contribution < 1.29 is 19.1 Å². The number of amides is 3. The molecule has 234 valence electrons. The van der Waals surface area contributed by atoms with Gasteiger partial charge in [0.15, 0.2) is 0 Å². The molecule has 3 amide bonds. The van der Waals surface area contributed by atoms with Crippen molar-refractivity contribution >= 4 is 46.6 Å². The van der Waals surface area contributed by atoms with Gasteiger partial charge in [-0.15, -0.1) is 0 Å². The highest BCUT2D eigenvalue weighted by molar-refractivity contribution is 6.35. The minimum absolute atomic E-state index is 0.0219. The average molecular weight is 640 g/mol. The Hall–Kier alpha value is -2.91. The first-order valence-electron chi connectivity index (χ1n) is 15.5. The number of likely N-dealkylation sites (N-methyl/N-ethyl adjacent to an activating group) is 1. The predicted molar refractivity (Wildman–Crippen MR) is 171 cm³/mol. The predicted octanol–water partition coefficient (Wildman–Crippen LogP) is 5.16. The van der Waals surface area contributed by atoms with Crippen LogP contribution in [0.25, 0.3) is 0 Å². The summed E-state index contributed by atoms with van der Waals surface area (Å²) in [5, 5.41) is 6.98. The summed E-state index contributed by atoms with van der Waals surface area (Å²) in [6.45, 7) is 6.00. The molecule has 3 aliphatic heterocycles. The molecule has 8 nitrogen and oxygen atoms in total. The lowest BCUT2D eigenvalue weighted by Gasteiger charge is -2.38. The third-order valence-corrected chi connectivity index (χ3v) is 10.5. The number of benzene rings is 2. The number of nitrogens with one attached hydrogen (secondary N) is 2. The molecule has 1 saturated carbocycles. The summed E-state index contributed by atoms with van der Waals surface area (Å²) in [6, 6.07) is 14.1. The average Bonchev–Trinajstić information content (AvgIpc) is 3.61. The van der Waals surface area contributed by atoms with E-state index in [4.69, 9.17) is 27.9 Å². The molecule has 2 aromatic rings. The molecule has 0 unspecified atom stereocenters. The maximum Gasteiger partial charge on any atom is 0.246 e. The quantitative estimate of drug-likeness (QED) is 0.371. The molecule has 6 rings (SSSR count). The van der Waals surface area contributed by atoms with E-state index in [0.29, 0.717) is 47.2 Å². The Kier molecular flexibility index (Phi) is 8.81. The molecule has 0 radical (unpaired) electrons. The van der Waals surface area contributed by atoms with Crippen LogP contribution in [0.15, 0.2) is 60.7 Å². The molecule has 8 atom stereocenters. The number of halogens is 2. The van der Waals surface area contributed by atoms with Crippen molar-refractivity contribution in [1.82, 2.24) is 15.1 Å². The van der Waals surface area contributed by atoms with Crippen molar-refractivity contribution in [1.29, 1.82) is 0 Å². The molecule has 2 bridgehead atoms. The van der Waals surface area contributed by atoms with Gasteiger partial charge in [-0.2, -0.15) is 0 Å². The number of rotatable bonds is 9. The smallest absolute Gasteiger partial charge is 0.246 e. The Labute approximate surface area is 269 Å². The van der Waals surface area contributed by atoms with E-state index in [1.165, 1.54) is 0 Å². The van der Waals surface area contributed by atoms with Gasteiger partial charge < -0.3 is 25.2 Å². The number of hydrogen-bond acceptors (Lipinski definition) is 5. The zero-order chi connectivity index (χ0) is 31.2. The molecule has 1 spiro atoms. The summed E-state index contributed by atoms with van der Waals surface area (Å²) >= 11 is 12.3. The molecule has 2 N–H and O–H groups in total. The molecule has 2 aromatic carbocycles. The van der Waals surface area contributed by atoms with Crippen LogP contribution >= 0.6 is 23.2 Å².